The van der Waals surface area contributed by atoms with Crippen molar-refractivity contribution in [3.8, 4) is 11.5 Å². The maximum absolute atomic E-state index is 12.0. The van der Waals surface area contributed by atoms with E-state index in [1.807, 2.05) is 11.8 Å². The molecule has 1 saturated heterocycles. The molecule has 2 aliphatic rings. The lowest BCUT2D eigenvalue weighted by atomic mass is 10.2. The van der Waals surface area contributed by atoms with Gasteiger partial charge in [0.15, 0.2) is 11.5 Å². The van der Waals surface area contributed by atoms with Crippen molar-refractivity contribution in [1.82, 2.24) is 15.5 Å². The number of amides is 3. The van der Waals surface area contributed by atoms with Crippen LogP contribution in [-0.4, -0.2) is 55.9 Å². The van der Waals surface area contributed by atoms with E-state index in [0.717, 1.165) is 19.6 Å². The van der Waals surface area contributed by atoms with Crippen LogP contribution in [0, 0.1) is 0 Å². The Bertz CT molecular complexity index is 613. The molecular formula is C15H21ClN4O4. The highest BCUT2D eigenvalue weighted by molar-refractivity contribution is 6.01. The Morgan fingerprint density at radius 3 is 2.92 bits per heavy atom. The van der Waals surface area contributed by atoms with Gasteiger partial charge in [-0.1, -0.05) is 0 Å². The molecule has 8 nitrogen and oxygen atoms in total. The van der Waals surface area contributed by atoms with Gasteiger partial charge in [0, 0.05) is 37.4 Å². The van der Waals surface area contributed by atoms with Gasteiger partial charge in [0.2, 0.25) is 12.7 Å². The van der Waals surface area contributed by atoms with Gasteiger partial charge in [-0.15, -0.1) is 12.4 Å². The molecule has 2 aliphatic heterocycles. The molecule has 0 aromatic heterocycles. The third-order valence-corrected chi connectivity index (χ3v) is 3.87. The number of hydrogen-bond acceptors (Lipinski definition) is 6. The second kappa shape index (κ2) is 8.18. The molecule has 9 heteroatoms. The molecule has 0 radical (unpaired) electrons. The zero-order valence-corrected chi connectivity index (χ0v) is 14.1. The van der Waals surface area contributed by atoms with Gasteiger partial charge >= 0.3 is 6.03 Å². The van der Waals surface area contributed by atoms with Crippen molar-refractivity contribution in [3.05, 3.63) is 18.2 Å². The SMILES string of the molecule is C[C@H]1CNCCN1CC(=O)NC(=O)Nc1ccc2c(c1)OCO2.Cl. The average molecular weight is 357 g/mol. The van der Waals surface area contributed by atoms with Crippen LogP contribution in [0.3, 0.4) is 0 Å². The molecule has 3 N–H and O–H groups in total. The number of hydrogen-bond donors (Lipinski definition) is 3. The summed E-state index contributed by atoms with van der Waals surface area (Å²) in [5.74, 6) is 0.889. The maximum Gasteiger partial charge on any atom is 0.325 e. The number of ether oxygens (including phenoxy) is 2. The van der Waals surface area contributed by atoms with Gasteiger partial charge in [-0.05, 0) is 19.1 Å². The highest BCUT2D eigenvalue weighted by atomic mass is 35.5. The van der Waals surface area contributed by atoms with Crippen molar-refractivity contribution in [2.75, 3.05) is 38.3 Å². The van der Waals surface area contributed by atoms with Gasteiger partial charge in [-0.25, -0.2) is 4.79 Å². The maximum atomic E-state index is 12.0. The quantitative estimate of drug-likeness (QED) is 0.741. The molecule has 1 atom stereocenters. The molecule has 0 spiro atoms. The molecule has 0 unspecified atom stereocenters. The van der Waals surface area contributed by atoms with E-state index in [0.29, 0.717) is 17.2 Å². The minimum absolute atomic E-state index is 0. The number of fused-ring (bicyclic) bond motifs is 1. The van der Waals surface area contributed by atoms with Gasteiger partial charge < -0.3 is 20.1 Å². The minimum Gasteiger partial charge on any atom is -0.454 e. The van der Waals surface area contributed by atoms with Crippen LogP contribution >= 0.6 is 12.4 Å². The molecule has 0 saturated carbocycles. The Morgan fingerprint density at radius 2 is 2.12 bits per heavy atom. The highest BCUT2D eigenvalue weighted by Gasteiger charge is 2.21. The number of halogens is 1. The van der Waals surface area contributed by atoms with E-state index in [9.17, 15) is 9.59 Å². The van der Waals surface area contributed by atoms with Gasteiger partial charge in [0.05, 0.1) is 6.54 Å². The monoisotopic (exact) mass is 356 g/mol. The molecule has 3 amide bonds. The van der Waals surface area contributed by atoms with Gasteiger partial charge in [-0.2, -0.15) is 0 Å². The highest BCUT2D eigenvalue weighted by Crippen LogP contribution is 2.34. The predicted molar refractivity (Wildman–Crippen MR) is 90.9 cm³/mol. The summed E-state index contributed by atoms with van der Waals surface area (Å²) in [4.78, 5) is 25.9. The fourth-order valence-electron chi connectivity index (χ4n) is 2.61. The molecule has 2 heterocycles. The number of imide groups is 1. The molecule has 24 heavy (non-hydrogen) atoms. The molecule has 0 bridgehead atoms. The first-order valence-electron chi connectivity index (χ1n) is 7.57. The number of urea groups is 1. The fraction of sp³-hybridized carbons (Fsp3) is 0.467. The molecule has 1 fully saturated rings. The van der Waals surface area contributed by atoms with Crippen molar-refractivity contribution >= 4 is 30.0 Å². The van der Waals surface area contributed by atoms with Gasteiger partial charge in [0.1, 0.15) is 0 Å². The summed E-state index contributed by atoms with van der Waals surface area (Å²) in [6.45, 7) is 4.91. The summed E-state index contributed by atoms with van der Waals surface area (Å²) in [5.41, 5.74) is 0.537. The zero-order chi connectivity index (χ0) is 16.2. The van der Waals surface area contributed by atoms with Crippen LogP contribution in [0.4, 0.5) is 10.5 Å². The largest absolute Gasteiger partial charge is 0.454 e. The Hall–Kier alpha value is -2.03. The minimum atomic E-state index is -0.559. The summed E-state index contributed by atoms with van der Waals surface area (Å²) < 4.78 is 10.4. The van der Waals surface area contributed by atoms with Crippen molar-refractivity contribution in [3.63, 3.8) is 0 Å². The molecule has 132 valence electrons. The summed E-state index contributed by atoms with van der Waals surface area (Å²) in [5, 5.41) is 8.21. The second-order valence-corrected chi connectivity index (χ2v) is 5.59. The third kappa shape index (κ3) is 4.50. The molecule has 0 aliphatic carbocycles. The summed E-state index contributed by atoms with van der Waals surface area (Å²) in [7, 11) is 0. The van der Waals surface area contributed by atoms with E-state index in [1.54, 1.807) is 18.2 Å². The number of piperazine rings is 1. The van der Waals surface area contributed by atoms with Crippen molar-refractivity contribution < 1.29 is 19.1 Å². The van der Waals surface area contributed by atoms with Crippen LogP contribution in [0.1, 0.15) is 6.92 Å². The normalized spacial score (nSPS) is 19.3. The first-order chi connectivity index (χ1) is 11.1. The summed E-state index contributed by atoms with van der Waals surface area (Å²) in [6.07, 6.45) is 0. The molecule has 1 aromatic rings. The molecule has 1 aromatic carbocycles. The van der Waals surface area contributed by atoms with Crippen molar-refractivity contribution in [2.24, 2.45) is 0 Å². The number of carbonyl (C=O) groups is 2. The van der Waals surface area contributed by atoms with Gasteiger partial charge in [0.25, 0.3) is 0 Å². The first kappa shape index (κ1) is 18.3. The van der Waals surface area contributed by atoms with E-state index < -0.39 is 6.03 Å². The Morgan fingerprint density at radius 1 is 1.33 bits per heavy atom. The Kier molecular flexibility index (Phi) is 6.24. The van der Waals surface area contributed by atoms with Crippen LogP contribution in [-0.2, 0) is 4.79 Å². The topological polar surface area (TPSA) is 91.9 Å². The second-order valence-electron chi connectivity index (χ2n) is 5.59. The van der Waals surface area contributed by atoms with E-state index in [-0.39, 0.29) is 37.7 Å². The molecule has 3 rings (SSSR count). The summed E-state index contributed by atoms with van der Waals surface area (Å²) in [6, 6.07) is 4.77. The standard InChI is InChI=1S/C15H20N4O4.ClH/c1-10-7-16-4-5-19(10)8-14(20)18-15(21)17-11-2-3-12-13(6-11)23-9-22-12;/h2-3,6,10,16H,4-5,7-9H2,1H3,(H2,17,18,20,21);1H/t10-;/m0./s1. The van der Waals surface area contributed by atoms with Crippen LogP contribution in [0.2, 0.25) is 0 Å². The number of carbonyl (C=O) groups excluding carboxylic acids is 2. The van der Waals surface area contributed by atoms with E-state index in [2.05, 4.69) is 16.0 Å². The van der Waals surface area contributed by atoms with E-state index in [1.165, 1.54) is 0 Å². The number of nitrogens with zero attached hydrogens (tertiary/aromatic N) is 1. The van der Waals surface area contributed by atoms with Crippen LogP contribution in [0.5, 0.6) is 11.5 Å². The first-order valence-corrected chi connectivity index (χ1v) is 7.57. The number of nitrogens with one attached hydrogen (secondary N) is 3. The zero-order valence-electron chi connectivity index (χ0n) is 13.3. The van der Waals surface area contributed by atoms with Crippen LogP contribution < -0.4 is 25.4 Å². The number of anilines is 1. The average Bonchev–Trinajstić information content (AvgIpc) is 2.97. The lowest BCUT2D eigenvalue weighted by molar-refractivity contribution is -0.121. The van der Waals surface area contributed by atoms with Gasteiger partial charge in [-0.3, -0.25) is 15.0 Å². The Balaban J connectivity index is 0.00000208. The number of benzene rings is 1. The predicted octanol–water partition coefficient (Wildman–Crippen LogP) is 0.779. The number of rotatable bonds is 3. The fourth-order valence-corrected chi connectivity index (χ4v) is 2.61. The molecular weight excluding hydrogens is 336 g/mol. The smallest absolute Gasteiger partial charge is 0.325 e. The Labute approximate surface area is 146 Å². The van der Waals surface area contributed by atoms with Crippen molar-refractivity contribution in [1.29, 1.82) is 0 Å². The van der Waals surface area contributed by atoms with Crippen molar-refractivity contribution in [2.45, 2.75) is 13.0 Å². The lowest BCUT2D eigenvalue weighted by Gasteiger charge is -2.33. The van der Waals surface area contributed by atoms with E-state index >= 15 is 0 Å². The van der Waals surface area contributed by atoms with Crippen LogP contribution in [0.15, 0.2) is 18.2 Å². The lowest BCUT2D eigenvalue weighted by Crippen LogP contribution is -2.53. The van der Waals surface area contributed by atoms with E-state index in [4.69, 9.17) is 9.47 Å². The van der Waals surface area contributed by atoms with Crippen LogP contribution in [0.25, 0.3) is 0 Å². The summed E-state index contributed by atoms with van der Waals surface area (Å²) >= 11 is 0. The third-order valence-electron chi connectivity index (χ3n) is 3.87.